The van der Waals surface area contributed by atoms with E-state index in [0.29, 0.717) is 23.1 Å². The highest BCUT2D eigenvalue weighted by molar-refractivity contribution is 6.42. The minimum absolute atomic E-state index is 0.200. The van der Waals surface area contributed by atoms with Crippen molar-refractivity contribution < 1.29 is 9.53 Å². The van der Waals surface area contributed by atoms with Crippen molar-refractivity contribution in [3.63, 3.8) is 0 Å². The number of carbonyl (C=O) groups excluding carboxylic acids is 1. The molecule has 0 fully saturated rings. The molecule has 0 aliphatic heterocycles. The Hall–Kier alpha value is -1.51. The minimum Gasteiger partial charge on any atom is -0.489 e. The zero-order chi connectivity index (χ0) is 15.2. The van der Waals surface area contributed by atoms with Crippen LogP contribution in [0.2, 0.25) is 10.0 Å². The molecular formula is C17H16Cl2O2. The predicted octanol–water partition coefficient (Wildman–Crippen LogP) is 5.09. The van der Waals surface area contributed by atoms with E-state index in [4.69, 9.17) is 27.9 Å². The molecule has 2 rings (SSSR count). The van der Waals surface area contributed by atoms with Crippen molar-refractivity contribution >= 4 is 29.0 Å². The van der Waals surface area contributed by atoms with E-state index in [1.807, 2.05) is 36.4 Å². The maximum Gasteiger partial charge on any atom is 0.130 e. The van der Waals surface area contributed by atoms with Gasteiger partial charge in [-0.05, 0) is 37.1 Å². The summed E-state index contributed by atoms with van der Waals surface area (Å²) in [5.41, 5.74) is 1.98. The van der Waals surface area contributed by atoms with Gasteiger partial charge in [0.25, 0.3) is 0 Å². The number of hydrogen-bond donors (Lipinski definition) is 0. The van der Waals surface area contributed by atoms with Crippen LogP contribution in [0.25, 0.3) is 0 Å². The van der Waals surface area contributed by atoms with Gasteiger partial charge < -0.3 is 9.53 Å². The molecule has 0 aromatic heterocycles. The van der Waals surface area contributed by atoms with E-state index in [1.165, 1.54) is 0 Å². The topological polar surface area (TPSA) is 26.3 Å². The van der Waals surface area contributed by atoms with Crippen molar-refractivity contribution in [3.05, 3.63) is 63.6 Å². The lowest BCUT2D eigenvalue weighted by molar-refractivity contribution is -0.116. The van der Waals surface area contributed by atoms with Crippen molar-refractivity contribution in [2.45, 2.75) is 26.4 Å². The van der Waals surface area contributed by atoms with E-state index in [9.17, 15) is 4.79 Å². The van der Waals surface area contributed by atoms with Crippen molar-refractivity contribution in [1.82, 2.24) is 0 Å². The molecule has 0 aliphatic carbocycles. The third-order valence-electron chi connectivity index (χ3n) is 3.11. The fraction of sp³-hybridized carbons (Fsp3) is 0.235. The number of benzene rings is 2. The molecule has 0 amide bonds. The fourth-order valence-corrected chi connectivity index (χ4v) is 2.27. The predicted molar refractivity (Wildman–Crippen MR) is 86.2 cm³/mol. The van der Waals surface area contributed by atoms with Gasteiger partial charge in [0.1, 0.15) is 18.1 Å². The standard InChI is InChI=1S/C17H16Cl2O2/c1-12(20)5-6-13-7-9-15(10-8-13)21-11-14-3-2-4-16(18)17(14)19/h2-4,7-10H,5-6,11H2,1H3. The molecule has 110 valence electrons. The average Bonchev–Trinajstić information content (AvgIpc) is 2.48. The molecule has 0 atom stereocenters. The molecular weight excluding hydrogens is 307 g/mol. The van der Waals surface area contributed by atoms with E-state index in [0.717, 1.165) is 23.3 Å². The Kier molecular flexibility index (Phi) is 5.66. The highest BCUT2D eigenvalue weighted by Crippen LogP contribution is 2.26. The van der Waals surface area contributed by atoms with Gasteiger partial charge in [-0.1, -0.05) is 47.5 Å². The Morgan fingerprint density at radius 3 is 2.48 bits per heavy atom. The maximum atomic E-state index is 11.0. The molecule has 0 aliphatic rings. The summed E-state index contributed by atoms with van der Waals surface area (Å²) in [4.78, 5) is 11.0. The summed E-state index contributed by atoms with van der Waals surface area (Å²) in [7, 11) is 0. The maximum absolute atomic E-state index is 11.0. The van der Waals surface area contributed by atoms with E-state index in [2.05, 4.69) is 0 Å². The number of Topliss-reactive ketones (excluding diaryl/α,β-unsaturated/α-hetero) is 1. The summed E-state index contributed by atoms with van der Waals surface area (Å²) in [6.07, 6.45) is 1.33. The van der Waals surface area contributed by atoms with Gasteiger partial charge in [-0.15, -0.1) is 0 Å². The van der Waals surface area contributed by atoms with E-state index < -0.39 is 0 Å². The van der Waals surface area contributed by atoms with Crippen molar-refractivity contribution in [2.24, 2.45) is 0 Å². The van der Waals surface area contributed by atoms with Gasteiger partial charge in [0.05, 0.1) is 10.0 Å². The second kappa shape index (κ2) is 7.48. The highest BCUT2D eigenvalue weighted by Gasteiger charge is 2.05. The van der Waals surface area contributed by atoms with Gasteiger partial charge in [-0.25, -0.2) is 0 Å². The van der Waals surface area contributed by atoms with Gasteiger partial charge in [-0.2, -0.15) is 0 Å². The first-order valence-electron chi connectivity index (χ1n) is 6.70. The van der Waals surface area contributed by atoms with Crippen molar-refractivity contribution in [3.8, 4) is 5.75 Å². The second-order valence-corrected chi connectivity index (χ2v) is 5.63. The number of carbonyl (C=O) groups is 1. The Labute approximate surface area is 134 Å². The highest BCUT2D eigenvalue weighted by atomic mass is 35.5. The summed E-state index contributed by atoms with van der Waals surface area (Å²) in [5, 5.41) is 1.05. The van der Waals surface area contributed by atoms with Crippen LogP contribution in [-0.2, 0) is 17.8 Å². The van der Waals surface area contributed by atoms with E-state index in [-0.39, 0.29) is 5.78 Å². The first kappa shape index (κ1) is 15.9. The second-order valence-electron chi connectivity index (χ2n) is 4.85. The van der Waals surface area contributed by atoms with Crippen LogP contribution in [0.3, 0.4) is 0 Å². The molecule has 0 spiro atoms. The Morgan fingerprint density at radius 1 is 1.10 bits per heavy atom. The lowest BCUT2D eigenvalue weighted by Gasteiger charge is -2.09. The average molecular weight is 323 g/mol. The Bertz CT molecular complexity index is 621. The van der Waals surface area contributed by atoms with Crippen molar-refractivity contribution in [1.29, 1.82) is 0 Å². The summed E-state index contributed by atoms with van der Waals surface area (Å²) < 4.78 is 5.70. The normalized spacial score (nSPS) is 10.4. The molecule has 4 heteroatoms. The Morgan fingerprint density at radius 2 is 1.81 bits per heavy atom. The molecule has 0 N–H and O–H groups in total. The number of ether oxygens (including phenoxy) is 1. The van der Waals surface area contributed by atoms with Crippen LogP contribution >= 0.6 is 23.2 Å². The van der Waals surface area contributed by atoms with Gasteiger partial charge in [0, 0.05) is 12.0 Å². The number of aryl methyl sites for hydroxylation is 1. The van der Waals surface area contributed by atoms with Crippen LogP contribution in [0.5, 0.6) is 5.75 Å². The number of hydrogen-bond acceptors (Lipinski definition) is 2. The van der Waals surface area contributed by atoms with Crippen LogP contribution in [0.1, 0.15) is 24.5 Å². The quantitative estimate of drug-likeness (QED) is 0.740. The van der Waals surface area contributed by atoms with Crippen LogP contribution in [0, 0.1) is 0 Å². The largest absolute Gasteiger partial charge is 0.489 e. The molecule has 0 saturated carbocycles. The molecule has 2 nitrogen and oxygen atoms in total. The summed E-state index contributed by atoms with van der Waals surface area (Å²) in [6, 6.07) is 13.2. The smallest absolute Gasteiger partial charge is 0.130 e. The molecule has 0 bridgehead atoms. The zero-order valence-electron chi connectivity index (χ0n) is 11.7. The first-order chi connectivity index (χ1) is 10.1. The molecule has 0 radical (unpaired) electrons. The molecule has 2 aromatic rings. The molecule has 0 heterocycles. The molecule has 0 unspecified atom stereocenters. The summed E-state index contributed by atoms with van der Waals surface area (Å²) >= 11 is 12.1. The van der Waals surface area contributed by atoms with Crippen LogP contribution in [0.15, 0.2) is 42.5 Å². The van der Waals surface area contributed by atoms with Gasteiger partial charge in [0.15, 0.2) is 0 Å². The fourth-order valence-electron chi connectivity index (χ4n) is 1.89. The lowest BCUT2D eigenvalue weighted by atomic mass is 10.1. The zero-order valence-corrected chi connectivity index (χ0v) is 13.2. The minimum atomic E-state index is 0.200. The lowest BCUT2D eigenvalue weighted by Crippen LogP contribution is -1.97. The van der Waals surface area contributed by atoms with Crippen LogP contribution in [0.4, 0.5) is 0 Å². The van der Waals surface area contributed by atoms with Gasteiger partial charge in [0.2, 0.25) is 0 Å². The van der Waals surface area contributed by atoms with Gasteiger partial charge >= 0.3 is 0 Å². The summed E-state index contributed by atoms with van der Waals surface area (Å²) in [5.74, 6) is 0.962. The molecule has 0 saturated heterocycles. The number of rotatable bonds is 6. The third-order valence-corrected chi connectivity index (χ3v) is 3.97. The molecule has 2 aromatic carbocycles. The van der Waals surface area contributed by atoms with Gasteiger partial charge in [-0.3, -0.25) is 0 Å². The summed E-state index contributed by atoms with van der Waals surface area (Å²) in [6.45, 7) is 1.97. The monoisotopic (exact) mass is 322 g/mol. The Balaban J connectivity index is 1.94. The van der Waals surface area contributed by atoms with Crippen LogP contribution in [-0.4, -0.2) is 5.78 Å². The SMILES string of the molecule is CC(=O)CCc1ccc(OCc2cccc(Cl)c2Cl)cc1. The third kappa shape index (κ3) is 4.76. The first-order valence-corrected chi connectivity index (χ1v) is 7.46. The number of ketones is 1. The van der Waals surface area contributed by atoms with E-state index >= 15 is 0 Å². The van der Waals surface area contributed by atoms with Crippen LogP contribution < -0.4 is 4.74 Å². The molecule has 21 heavy (non-hydrogen) atoms. The number of halogens is 2. The van der Waals surface area contributed by atoms with E-state index in [1.54, 1.807) is 13.0 Å². The van der Waals surface area contributed by atoms with Crippen molar-refractivity contribution in [2.75, 3.05) is 0 Å².